The monoisotopic (exact) mass is 210 g/mol. The lowest BCUT2D eigenvalue weighted by atomic mass is 9.94. The molecule has 3 heteroatoms. The van der Waals surface area contributed by atoms with Crippen molar-refractivity contribution in [3.8, 4) is 0 Å². The van der Waals surface area contributed by atoms with E-state index in [-0.39, 0.29) is 5.91 Å². The smallest absolute Gasteiger partial charge is 0.220 e. The molecule has 1 saturated carbocycles. The fourth-order valence-corrected chi connectivity index (χ4v) is 2.24. The van der Waals surface area contributed by atoms with Crippen molar-refractivity contribution in [1.29, 1.82) is 0 Å². The van der Waals surface area contributed by atoms with E-state index in [2.05, 4.69) is 10.6 Å². The second-order valence-electron chi connectivity index (χ2n) is 4.98. The molecule has 0 aromatic rings. The van der Waals surface area contributed by atoms with Gasteiger partial charge in [0.2, 0.25) is 5.91 Å². The molecule has 2 rings (SSSR count). The van der Waals surface area contributed by atoms with Crippen LogP contribution in [0.25, 0.3) is 0 Å². The van der Waals surface area contributed by atoms with Crippen molar-refractivity contribution < 1.29 is 4.79 Å². The van der Waals surface area contributed by atoms with Crippen LogP contribution in [0, 0.1) is 11.8 Å². The summed E-state index contributed by atoms with van der Waals surface area (Å²) in [5.74, 6) is 1.80. The van der Waals surface area contributed by atoms with Crippen LogP contribution >= 0.6 is 0 Å². The molecule has 1 aliphatic heterocycles. The maximum Gasteiger partial charge on any atom is 0.220 e. The van der Waals surface area contributed by atoms with Gasteiger partial charge >= 0.3 is 0 Å². The highest BCUT2D eigenvalue weighted by molar-refractivity contribution is 5.76. The first-order valence-corrected chi connectivity index (χ1v) is 6.32. The molecule has 0 radical (unpaired) electrons. The third-order valence-corrected chi connectivity index (χ3v) is 3.50. The number of hydrogen-bond acceptors (Lipinski definition) is 2. The van der Waals surface area contributed by atoms with Gasteiger partial charge in [-0.1, -0.05) is 12.8 Å². The van der Waals surface area contributed by atoms with E-state index in [1.165, 1.54) is 19.3 Å². The highest BCUT2D eigenvalue weighted by atomic mass is 16.1. The Hall–Kier alpha value is -0.570. The van der Waals surface area contributed by atoms with E-state index in [1.807, 2.05) is 0 Å². The summed E-state index contributed by atoms with van der Waals surface area (Å²) in [6.45, 7) is 3.06. The summed E-state index contributed by atoms with van der Waals surface area (Å²) in [7, 11) is 0. The molecule has 3 nitrogen and oxygen atoms in total. The summed E-state index contributed by atoms with van der Waals surface area (Å²) in [5.41, 5.74) is 0. The van der Waals surface area contributed by atoms with Gasteiger partial charge in [0.05, 0.1) is 0 Å². The molecule has 0 aromatic carbocycles. The van der Waals surface area contributed by atoms with Gasteiger partial charge in [-0.15, -0.1) is 0 Å². The van der Waals surface area contributed by atoms with Gasteiger partial charge in [0.15, 0.2) is 0 Å². The van der Waals surface area contributed by atoms with Crippen molar-refractivity contribution in [2.45, 2.75) is 38.5 Å². The number of carbonyl (C=O) groups is 1. The molecular formula is C12H22N2O. The van der Waals surface area contributed by atoms with Gasteiger partial charge in [-0.05, 0) is 44.2 Å². The van der Waals surface area contributed by atoms with Crippen molar-refractivity contribution >= 4 is 5.91 Å². The van der Waals surface area contributed by atoms with Crippen LogP contribution in [0.1, 0.15) is 38.5 Å². The molecule has 0 spiro atoms. The van der Waals surface area contributed by atoms with Crippen molar-refractivity contribution in [2.24, 2.45) is 11.8 Å². The first-order chi connectivity index (χ1) is 7.34. The number of rotatable bonds is 5. The average Bonchev–Trinajstić information content (AvgIpc) is 3.03. The van der Waals surface area contributed by atoms with Crippen molar-refractivity contribution in [3.05, 3.63) is 0 Å². The SMILES string of the molecule is O=C(CC1CCNCC1)NCCC1CC1. The maximum absolute atomic E-state index is 11.6. The van der Waals surface area contributed by atoms with Crippen LogP contribution in [0.15, 0.2) is 0 Å². The Morgan fingerprint density at radius 2 is 1.87 bits per heavy atom. The van der Waals surface area contributed by atoms with Gasteiger partial charge in [0.25, 0.3) is 0 Å². The number of hydrogen-bond donors (Lipinski definition) is 2. The van der Waals surface area contributed by atoms with Gasteiger partial charge in [0, 0.05) is 13.0 Å². The lowest BCUT2D eigenvalue weighted by molar-refractivity contribution is -0.122. The van der Waals surface area contributed by atoms with Gasteiger partial charge in [-0.3, -0.25) is 4.79 Å². The van der Waals surface area contributed by atoms with Gasteiger partial charge in [-0.2, -0.15) is 0 Å². The first kappa shape index (κ1) is 10.9. The van der Waals surface area contributed by atoms with Crippen molar-refractivity contribution in [1.82, 2.24) is 10.6 Å². The normalized spacial score (nSPS) is 22.7. The summed E-state index contributed by atoms with van der Waals surface area (Å²) in [5, 5.41) is 6.36. The molecule has 1 amide bonds. The standard InChI is InChI=1S/C12H22N2O/c15-12(14-8-5-10-1-2-10)9-11-3-6-13-7-4-11/h10-11,13H,1-9H2,(H,14,15). The fraction of sp³-hybridized carbons (Fsp3) is 0.917. The molecule has 2 N–H and O–H groups in total. The molecule has 1 saturated heterocycles. The highest BCUT2D eigenvalue weighted by Gasteiger charge is 2.21. The Morgan fingerprint density at radius 3 is 2.53 bits per heavy atom. The van der Waals surface area contributed by atoms with Crippen LogP contribution in [0.3, 0.4) is 0 Å². The molecule has 2 aliphatic rings. The minimum Gasteiger partial charge on any atom is -0.356 e. The van der Waals surface area contributed by atoms with E-state index in [1.54, 1.807) is 0 Å². The fourth-order valence-electron chi connectivity index (χ4n) is 2.24. The Balaban J connectivity index is 1.54. The van der Waals surface area contributed by atoms with E-state index in [0.717, 1.165) is 44.8 Å². The Bertz CT molecular complexity index is 208. The second-order valence-corrected chi connectivity index (χ2v) is 4.98. The largest absolute Gasteiger partial charge is 0.356 e. The molecule has 0 bridgehead atoms. The molecule has 1 heterocycles. The number of amides is 1. The van der Waals surface area contributed by atoms with Crippen LogP contribution in [0.4, 0.5) is 0 Å². The topological polar surface area (TPSA) is 41.1 Å². The van der Waals surface area contributed by atoms with E-state index in [4.69, 9.17) is 0 Å². The second kappa shape index (κ2) is 5.50. The Labute approximate surface area is 92.0 Å². The zero-order chi connectivity index (χ0) is 10.5. The van der Waals surface area contributed by atoms with Crippen LogP contribution in [0.2, 0.25) is 0 Å². The summed E-state index contributed by atoms with van der Waals surface area (Å²) in [6, 6.07) is 0. The molecule has 0 unspecified atom stereocenters. The van der Waals surface area contributed by atoms with E-state index in [9.17, 15) is 4.79 Å². The average molecular weight is 210 g/mol. The van der Waals surface area contributed by atoms with Gasteiger partial charge in [-0.25, -0.2) is 0 Å². The molecule has 15 heavy (non-hydrogen) atoms. The first-order valence-electron chi connectivity index (χ1n) is 6.32. The maximum atomic E-state index is 11.6. The molecule has 1 aliphatic carbocycles. The third kappa shape index (κ3) is 4.20. The highest BCUT2D eigenvalue weighted by Crippen LogP contribution is 2.31. The molecule has 86 valence electrons. The Kier molecular flexibility index (Phi) is 4.01. The number of nitrogens with one attached hydrogen (secondary N) is 2. The zero-order valence-corrected chi connectivity index (χ0v) is 9.43. The predicted octanol–water partition coefficient (Wildman–Crippen LogP) is 1.29. The summed E-state index contributed by atoms with van der Waals surface area (Å²) in [4.78, 5) is 11.6. The predicted molar refractivity (Wildman–Crippen MR) is 60.6 cm³/mol. The van der Waals surface area contributed by atoms with Crippen LogP contribution in [-0.2, 0) is 4.79 Å². The summed E-state index contributed by atoms with van der Waals surface area (Å²) >= 11 is 0. The van der Waals surface area contributed by atoms with Gasteiger partial charge in [0.1, 0.15) is 0 Å². The lowest BCUT2D eigenvalue weighted by Crippen LogP contribution is -2.32. The minimum atomic E-state index is 0.266. The molecular weight excluding hydrogens is 188 g/mol. The summed E-state index contributed by atoms with van der Waals surface area (Å²) in [6.07, 6.45) is 7.02. The Morgan fingerprint density at radius 1 is 1.13 bits per heavy atom. The third-order valence-electron chi connectivity index (χ3n) is 3.50. The zero-order valence-electron chi connectivity index (χ0n) is 9.43. The molecule has 2 fully saturated rings. The molecule has 0 aromatic heterocycles. The van der Waals surface area contributed by atoms with Crippen LogP contribution < -0.4 is 10.6 Å². The number of piperidine rings is 1. The van der Waals surface area contributed by atoms with E-state index >= 15 is 0 Å². The van der Waals surface area contributed by atoms with Crippen molar-refractivity contribution in [2.75, 3.05) is 19.6 Å². The minimum absolute atomic E-state index is 0.266. The lowest BCUT2D eigenvalue weighted by Gasteiger charge is -2.21. The van der Waals surface area contributed by atoms with Crippen LogP contribution in [0.5, 0.6) is 0 Å². The molecule has 0 atom stereocenters. The van der Waals surface area contributed by atoms with Crippen molar-refractivity contribution in [3.63, 3.8) is 0 Å². The van der Waals surface area contributed by atoms with E-state index < -0.39 is 0 Å². The van der Waals surface area contributed by atoms with Gasteiger partial charge < -0.3 is 10.6 Å². The van der Waals surface area contributed by atoms with Crippen LogP contribution in [-0.4, -0.2) is 25.5 Å². The number of carbonyl (C=O) groups excluding carboxylic acids is 1. The van der Waals surface area contributed by atoms with E-state index in [0.29, 0.717) is 5.92 Å². The quantitative estimate of drug-likeness (QED) is 0.718. The summed E-state index contributed by atoms with van der Waals surface area (Å²) < 4.78 is 0.